The average molecular weight is 840 g/mol. The highest BCUT2D eigenvalue weighted by atomic mass is 16.5. The van der Waals surface area contributed by atoms with E-state index in [9.17, 15) is 14.4 Å². The molecule has 14 heteroatoms. The Balaban J connectivity index is 0.966. The van der Waals surface area contributed by atoms with Crippen LogP contribution in [0.15, 0.2) is 79.6 Å². The number of pyridine rings is 1. The van der Waals surface area contributed by atoms with Gasteiger partial charge in [-0.1, -0.05) is 70.2 Å². The molecule has 2 saturated carbocycles. The van der Waals surface area contributed by atoms with Crippen molar-refractivity contribution in [1.82, 2.24) is 45.4 Å². The molecule has 0 spiro atoms. The van der Waals surface area contributed by atoms with Gasteiger partial charge < -0.3 is 39.9 Å². The number of nitrogens with one attached hydrogen (secondary N) is 4. The lowest BCUT2D eigenvalue weighted by molar-refractivity contribution is -0.141. The summed E-state index contributed by atoms with van der Waals surface area (Å²) in [6.07, 6.45) is 10.6. The number of amides is 3. The molecule has 4 fully saturated rings. The van der Waals surface area contributed by atoms with E-state index in [4.69, 9.17) is 24.4 Å². The van der Waals surface area contributed by atoms with Gasteiger partial charge in [-0.25, -0.2) is 14.8 Å². The predicted octanol–water partition coefficient (Wildman–Crippen LogP) is 7.47. The van der Waals surface area contributed by atoms with Gasteiger partial charge in [-0.05, 0) is 80.4 Å². The summed E-state index contributed by atoms with van der Waals surface area (Å²) in [6.45, 7) is 13.2. The zero-order valence-corrected chi connectivity index (χ0v) is 36.5. The molecule has 14 nitrogen and oxygen atoms in total. The number of aromatic nitrogens is 5. The predicted molar refractivity (Wildman–Crippen MR) is 236 cm³/mol. The second kappa shape index (κ2) is 15.9. The minimum Gasteiger partial charge on any atom is -0.483 e. The van der Waals surface area contributed by atoms with Crippen LogP contribution in [0, 0.1) is 23.7 Å². The van der Waals surface area contributed by atoms with Crippen molar-refractivity contribution in [2.24, 2.45) is 23.7 Å². The molecule has 2 aliphatic carbocycles. The molecule has 9 rings (SSSR count). The van der Waals surface area contributed by atoms with Crippen LogP contribution < -0.4 is 10.6 Å². The zero-order chi connectivity index (χ0) is 43.5. The van der Waals surface area contributed by atoms with E-state index < -0.39 is 29.3 Å². The number of carbonyl (C=O) groups excluding carboxylic acids is 3. The minimum absolute atomic E-state index is 0.0437. The molecule has 4 bridgehead atoms. The van der Waals surface area contributed by atoms with Gasteiger partial charge in [0.1, 0.15) is 34.8 Å². The van der Waals surface area contributed by atoms with E-state index in [2.05, 4.69) is 69.6 Å². The van der Waals surface area contributed by atoms with E-state index in [1.807, 2.05) is 62.2 Å². The number of hydrogen-bond donors (Lipinski definition) is 4. The largest absolute Gasteiger partial charge is 0.483 e. The van der Waals surface area contributed by atoms with Crippen molar-refractivity contribution in [3.05, 3.63) is 91.2 Å². The molecule has 62 heavy (non-hydrogen) atoms. The number of aromatic amines is 2. The van der Waals surface area contributed by atoms with E-state index in [1.165, 1.54) is 7.11 Å². The summed E-state index contributed by atoms with van der Waals surface area (Å²) in [6, 6.07) is 15.5. The van der Waals surface area contributed by atoms with Gasteiger partial charge in [-0.15, -0.1) is 0 Å². The summed E-state index contributed by atoms with van der Waals surface area (Å²) in [7, 11) is 2.86. The van der Waals surface area contributed by atoms with Crippen LogP contribution in [0.25, 0.3) is 44.5 Å². The number of benzene rings is 2. The summed E-state index contributed by atoms with van der Waals surface area (Å²) in [5.74, 6) is 2.67. The number of nitrogens with zero attached hydrogens (tertiary/aromatic N) is 5. The van der Waals surface area contributed by atoms with Crippen LogP contribution in [0.5, 0.6) is 0 Å². The molecule has 324 valence electrons. The number of alkyl carbamates (subject to hydrolysis) is 1. The SMILES string of the molecule is C=C(N[C@H](C(=O)N1C[C@@H]2CC[C@@]1(c1nc(-c3ccc(-c4ccc(-c5c[nH]c([C@@]67CC[C@@H](CN6C(=O)[C@@H](NC(=O)OC)C(C)C)C7)n5)c5cccnc45)cc3)c[nH]1)C2)C(C)C)OC. The molecule has 2 aromatic carbocycles. The Morgan fingerprint density at radius 2 is 1.29 bits per heavy atom. The lowest BCUT2D eigenvalue weighted by Crippen LogP contribution is -2.56. The highest BCUT2D eigenvalue weighted by Gasteiger charge is 2.58. The Kier molecular flexibility index (Phi) is 10.6. The summed E-state index contributed by atoms with van der Waals surface area (Å²) in [4.78, 5) is 66.6. The topological polar surface area (TPSA) is 170 Å². The van der Waals surface area contributed by atoms with E-state index in [1.54, 1.807) is 7.11 Å². The monoisotopic (exact) mass is 839 g/mol. The molecule has 5 heterocycles. The molecule has 0 unspecified atom stereocenters. The Bertz CT molecular complexity index is 2530. The first-order chi connectivity index (χ1) is 29.8. The van der Waals surface area contributed by atoms with Gasteiger partial charge in [0, 0.05) is 53.8 Å². The molecule has 5 aromatic rings. The number of H-pyrrole nitrogens is 2. The van der Waals surface area contributed by atoms with Gasteiger partial charge >= 0.3 is 6.09 Å². The molecular weight excluding hydrogens is 783 g/mol. The maximum Gasteiger partial charge on any atom is 0.407 e. The number of hydrogen-bond acceptors (Lipinski definition) is 9. The standard InChI is InChI=1S/C48H57N9O5/c1-27(2)39(52-29(5)61-6)42(58)56-25-30-16-18-47(56,21-30)44-50-23-37(53-44)33-12-10-32(11-13-33)34-14-15-35(36-9-8-20-49-41(34)36)38-24-51-45(54-38)48-19-17-31(22-48)26-57(48)43(59)40(28(3)4)55-46(60)62-7/h8-15,20,23-24,27-28,30-31,39-40,52H,5,16-19,21-22,25-26H2,1-4,6-7H3,(H,50,53)(H,51,54)(H,55,60)/t30-,31-,39+,40+,47+,48+/m1/s1. The normalized spacial score (nSPS) is 23.6. The lowest BCUT2D eigenvalue weighted by Gasteiger charge is -2.40. The number of carbonyl (C=O) groups is 3. The lowest BCUT2D eigenvalue weighted by atomic mass is 9.93. The number of rotatable bonds is 13. The second-order valence-electron chi connectivity index (χ2n) is 18.4. The van der Waals surface area contributed by atoms with Crippen molar-refractivity contribution < 1.29 is 23.9 Å². The van der Waals surface area contributed by atoms with E-state index in [0.717, 1.165) is 94.7 Å². The third-order valence-electron chi connectivity index (χ3n) is 14.1. The van der Waals surface area contributed by atoms with Gasteiger partial charge in [0.2, 0.25) is 11.8 Å². The van der Waals surface area contributed by atoms with Crippen molar-refractivity contribution in [2.45, 2.75) is 89.4 Å². The van der Waals surface area contributed by atoms with Crippen LogP contribution in [0.4, 0.5) is 4.79 Å². The Labute approximate surface area is 362 Å². The second-order valence-corrected chi connectivity index (χ2v) is 18.4. The number of piperidine rings is 2. The van der Waals surface area contributed by atoms with Gasteiger partial charge in [-0.3, -0.25) is 14.6 Å². The molecule has 2 saturated heterocycles. The van der Waals surface area contributed by atoms with Gasteiger partial charge in [0.25, 0.3) is 0 Å². The smallest absolute Gasteiger partial charge is 0.407 e. The van der Waals surface area contributed by atoms with Crippen LogP contribution in [0.3, 0.4) is 0 Å². The third-order valence-corrected chi connectivity index (χ3v) is 14.1. The van der Waals surface area contributed by atoms with E-state index in [-0.39, 0.29) is 23.7 Å². The molecular formula is C48H57N9O5. The first-order valence-corrected chi connectivity index (χ1v) is 21.9. The van der Waals surface area contributed by atoms with Crippen molar-refractivity contribution >= 4 is 28.8 Å². The zero-order valence-electron chi connectivity index (χ0n) is 36.5. The molecule has 4 N–H and O–H groups in total. The van der Waals surface area contributed by atoms with Crippen molar-refractivity contribution in [1.29, 1.82) is 0 Å². The average Bonchev–Trinajstić information content (AvgIpc) is 4.16. The number of ether oxygens (including phenoxy) is 2. The number of likely N-dealkylation sites (tertiary alicyclic amines) is 2. The van der Waals surface area contributed by atoms with Crippen molar-refractivity contribution in [3.63, 3.8) is 0 Å². The Morgan fingerprint density at radius 1 is 0.742 bits per heavy atom. The van der Waals surface area contributed by atoms with E-state index >= 15 is 0 Å². The van der Waals surface area contributed by atoms with Gasteiger partial charge in [0.15, 0.2) is 5.88 Å². The van der Waals surface area contributed by atoms with Gasteiger partial charge in [-0.2, -0.15) is 0 Å². The molecule has 3 amide bonds. The van der Waals surface area contributed by atoms with Crippen LogP contribution in [0.1, 0.15) is 77.9 Å². The molecule has 0 radical (unpaired) electrons. The first kappa shape index (κ1) is 41.2. The quantitative estimate of drug-likeness (QED) is 0.0879. The molecule has 6 atom stereocenters. The maximum absolute atomic E-state index is 14.1. The fraction of sp³-hybridized carbons (Fsp3) is 0.458. The van der Waals surface area contributed by atoms with Crippen LogP contribution in [-0.2, 0) is 30.1 Å². The fourth-order valence-electron chi connectivity index (χ4n) is 10.8. The van der Waals surface area contributed by atoms with Crippen LogP contribution >= 0.6 is 0 Å². The number of fused-ring (bicyclic) bond motifs is 5. The molecule has 3 aromatic heterocycles. The summed E-state index contributed by atoms with van der Waals surface area (Å²) >= 11 is 0. The van der Waals surface area contributed by atoms with Crippen molar-refractivity contribution in [3.8, 4) is 33.6 Å². The minimum atomic E-state index is -0.704. The highest BCUT2D eigenvalue weighted by molar-refractivity contribution is 6.02. The number of methoxy groups -OCH3 is 2. The van der Waals surface area contributed by atoms with Gasteiger partial charge in [0.05, 0.1) is 31.1 Å². The highest BCUT2D eigenvalue weighted by Crippen LogP contribution is 2.54. The number of imidazole rings is 2. The molecule has 4 aliphatic rings. The summed E-state index contributed by atoms with van der Waals surface area (Å²) < 4.78 is 10.1. The Hall–Kier alpha value is -6.18. The maximum atomic E-state index is 14.1. The molecule has 2 aliphatic heterocycles. The summed E-state index contributed by atoms with van der Waals surface area (Å²) in [5.41, 5.74) is 5.37. The van der Waals surface area contributed by atoms with Crippen LogP contribution in [-0.4, -0.2) is 92.0 Å². The van der Waals surface area contributed by atoms with E-state index in [0.29, 0.717) is 30.8 Å². The van der Waals surface area contributed by atoms with Crippen LogP contribution in [0.2, 0.25) is 0 Å². The van der Waals surface area contributed by atoms with Crippen molar-refractivity contribution in [2.75, 3.05) is 27.3 Å². The Morgan fingerprint density at radius 3 is 1.85 bits per heavy atom. The fourth-order valence-corrected chi connectivity index (χ4v) is 10.8. The summed E-state index contributed by atoms with van der Waals surface area (Å²) in [5, 5.41) is 6.95. The third kappa shape index (κ3) is 6.87. The first-order valence-electron chi connectivity index (χ1n) is 21.9.